The van der Waals surface area contributed by atoms with E-state index in [1.165, 1.54) is 0 Å². The Kier molecular flexibility index (Phi) is 3.25. The minimum atomic E-state index is 0.599. The van der Waals surface area contributed by atoms with Crippen LogP contribution in [0.15, 0.2) is 59.5 Å². The van der Waals surface area contributed by atoms with E-state index in [4.69, 9.17) is 16.0 Å². The van der Waals surface area contributed by atoms with E-state index in [9.17, 15) is 0 Å². The van der Waals surface area contributed by atoms with Gasteiger partial charge in [-0.05, 0) is 30.3 Å². The molecule has 0 saturated heterocycles. The maximum absolute atomic E-state index is 6.26. The van der Waals surface area contributed by atoms with Gasteiger partial charge in [0.2, 0.25) is 0 Å². The van der Waals surface area contributed by atoms with E-state index in [-0.39, 0.29) is 0 Å². The van der Waals surface area contributed by atoms with Gasteiger partial charge in [-0.15, -0.1) is 0 Å². The fourth-order valence-corrected chi connectivity index (χ4v) is 2.15. The highest BCUT2D eigenvalue weighted by atomic mass is 35.5. The molecule has 0 aliphatic rings. The molecule has 0 unspecified atom stereocenters. The molecule has 2 heterocycles. The van der Waals surface area contributed by atoms with E-state index in [0.29, 0.717) is 11.6 Å². The Bertz CT molecular complexity index is 647. The highest BCUT2D eigenvalue weighted by Crippen LogP contribution is 2.28. The van der Waals surface area contributed by atoms with Crippen LogP contribution >= 0.6 is 11.6 Å². The van der Waals surface area contributed by atoms with Gasteiger partial charge in [0.05, 0.1) is 23.5 Å². The first kappa shape index (κ1) is 11.9. The van der Waals surface area contributed by atoms with Gasteiger partial charge in [0.25, 0.3) is 0 Å². The van der Waals surface area contributed by atoms with E-state index >= 15 is 0 Å². The first-order chi connectivity index (χ1) is 9.34. The number of nitrogens with zero attached hydrogens (tertiary/aromatic N) is 2. The molecular weight excluding hydrogens is 262 g/mol. The summed E-state index contributed by atoms with van der Waals surface area (Å²) >= 11 is 6.26. The molecular formula is C14H12ClN3O. The zero-order valence-electron chi connectivity index (χ0n) is 10.1. The van der Waals surface area contributed by atoms with Crippen LogP contribution in [0.4, 0.5) is 5.69 Å². The van der Waals surface area contributed by atoms with Crippen LogP contribution in [0.1, 0.15) is 5.76 Å². The van der Waals surface area contributed by atoms with E-state index in [2.05, 4.69) is 10.4 Å². The summed E-state index contributed by atoms with van der Waals surface area (Å²) in [5.41, 5.74) is 1.74. The van der Waals surface area contributed by atoms with Crippen molar-refractivity contribution in [2.24, 2.45) is 0 Å². The number of anilines is 1. The molecule has 0 saturated carbocycles. The van der Waals surface area contributed by atoms with Crippen molar-refractivity contribution < 1.29 is 4.42 Å². The minimum Gasteiger partial charge on any atom is -0.467 e. The van der Waals surface area contributed by atoms with Gasteiger partial charge < -0.3 is 9.73 Å². The Morgan fingerprint density at radius 1 is 1.21 bits per heavy atom. The maximum atomic E-state index is 6.26. The van der Waals surface area contributed by atoms with Crippen LogP contribution in [0.5, 0.6) is 0 Å². The second-order valence-corrected chi connectivity index (χ2v) is 4.43. The molecule has 3 aromatic rings. The average molecular weight is 274 g/mol. The molecule has 1 N–H and O–H groups in total. The lowest BCUT2D eigenvalue weighted by atomic mass is 10.2. The third-order valence-corrected chi connectivity index (χ3v) is 3.06. The van der Waals surface area contributed by atoms with Gasteiger partial charge >= 0.3 is 0 Å². The predicted molar refractivity (Wildman–Crippen MR) is 74.6 cm³/mol. The number of hydrogen-bond acceptors (Lipinski definition) is 3. The summed E-state index contributed by atoms with van der Waals surface area (Å²) < 4.78 is 7.04. The molecule has 19 heavy (non-hydrogen) atoms. The fraction of sp³-hybridized carbons (Fsp3) is 0.0714. The van der Waals surface area contributed by atoms with Crippen LogP contribution in [0, 0.1) is 0 Å². The van der Waals surface area contributed by atoms with Gasteiger partial charge in [-0.25, -0.2) is 4.68 Å². The molecule has 3 rings (SSSR count). The lowest BCUT2D eigenvalue weighted by Crippen LogP contribution is -2.05. The normalized spacial score (nSPS) is 10.6. The van der Waals surface area contributed by atoms with Crippen molar-refractivity contribution >= 4 is 17.3 Å². The lowest BCUT2D eigenvalue weighted by Gasteiger charge is -2.12. The molecule has 0 aliphatic heterocycles. The number of rotatable bonds is 4. The number of hydrogen-bond donors (Lipinski definition) is 1. The van der Waals surface area contributed by atoms with Crippen molar-refractivity contribution in [1.82, 2.24) is 9.78 Å². The zero-order valence-corrected chi connectivity index (χ0v) is 10.8. The average Bonchev–Trinajstić information content (AvgIpc) is 3.09. The third-order valence-electron chi connectivity index (χ3n) is 2.75. The molecule has 4 nitrogen and oxygen atoms in total. The summed E-state index contributed by atoms with van der Waals surface area (Å²) in [6, 6.07) is 11.4. The van der Waals surface area contributed by atoms with Crippen molar-refractivity contribution in [2.45, 2.75) is 6.54 Å². The minimum absolute atomic E-state index is 0.599. The number of halogens is 1. The van der Waals surface area contributed by atoms with Crippen molar-refractivity contribution in [3.63, 3.8) is 0 Å². The lowest BCUT2D eigenvalue weighted by molar-refractivity contribution is 0.518. The predicted octanol–water partition coefficient (Wildman–Crippen LogP) is 3.73. The maximum Gasteiger partial charge on any atom is 0.122 e. The van der Waals surface area contributed by atoms with Gasteiger partial charge in [0.1, 0.15) is 11.4 Å². The molecule has 0 aliphatic carbocycles. The van der Waals surface area contributed by atoms with Crippen LogP contribution < -0.4 is 5.32 Å². The van der Waals surface area contributed by atoms with Crippen molar-refractivity contribution in [3.8, 4) is 5.69 Å². The smallest absolute Gasteiger partial charge is 0.122 e. The molecule has 0 fully saturated rings. The van der Waals surface area contributed by atoms with E-state index in [1.54, 1.807) is 17.1 Å². The van der Waals surface area contributed by atoms with Crippen molar-refractivity contribution in [2.75, 3.05) is 5.32 Å². The Labute approximate surface area is 115 Å². The molecule has 0 atom stereocenters. The van der Waals surface area contributed by atoms with Gasteiger partial charge in [0.15, 0.2) is 0 Å². The summed E-state index contributed by atoms with van der Waals surface area (Å²) in [4.78, 5) is 0. The van der Waals surface area contributed by atoms with Gasteiger partial charge in [-0.2, -0.15) is 5.10 Å². The molecule has 5 heteroatoms. The molecule has 0 amide bonds. The fourth-order valence-electron chi connectivity index (χ4n) is 1.89. The molecule has 1 aromatic carbocycles. The number of para-hydroxylation sites is 1. The summed E-state index contributed by atoms with van der Waals surface area (Å²) in [5.74, 6) is 0.867. The van der Waals surface area contributed by atoms with Crippen LogP contribution in [-0.2, 0) is 6.54 Å². The molecule has 0 radical (unpaired) electrons. The van der Waals surface area contributed by atoms with E-state index in [1.807, 2.05) is 42.6 Å². The van der Waals surface area contributed by atoms with Crippen LogP contribution in [0.25, 0.3) is 5.69 Å². The topological polar surface area (TPSA) is 43.0 Å². The largest absolute Gasteiger partial charge is 0.467 e. The van der Waals surface area contributed by atoms with Crippen molar-refractivity contribution in [1.29, 1.82) is 0 Å². The Hall–Kier alpha value is -2.20. The molecule has 0 spiro atoms. The highest BCUT2D eigenvalue weighted by molar-refractivity contribution is 6.33. The first-order valence-corrected chi connectivity index (χ1v) is 6.27. The van der Waals surface area contributed by atoms with Crippen molar-refractivity contribution in [3.05, 3.63) is 65.8 Å². The summed E-state index contributed by atoms with van der Waals surface area (Å²) in [7, 11) is 0. The second kappa shape index (κ2) is 5.20. The first-order valence-electron chi connectivity index (χ1n) is 5.89. The highest BCUT2D eigenvalue weighted by Gasteiger charge is 2.09. The number of aromatic nitrogens is 2. The second-order valence-electron chi connectivity index (χ2n) is 4.02. The van der Waals surface area contributed by atoms with Gasteiger partial charge in [-0.3, -0.25) is 0 Å². The summed E-state index contributed by atoms with van der Waals surface area (Å²) in [5, 5.41) is 8.17. The van der Waals surface area contributed by atoms with Gasteiger partial charge in [-0.1, -0.05) is 17.7 Å². The van der Waals surface area contributed by atoms with Crippen LogP contribution in [-0.4, -0.2) is 9.78 Å². The summed E-state index contributed by atoms with van der Waals surface area (Å²) in [6.45, 7) is 0.599. The SMILES string of the molecule is Clc1cccc(NCc2ccco2)c1-n1cccn1. The zero-order chi connectivity index (χ0) is 13.1. The Balaban J connectivity index is 1.91. The number of furan rings is 1. The Morgan fingerprint density at radius 3 is 2.89 bits per heavy atom. The van der Waals surface area contributed by atoms with Crippen LogP contribution in [0.2, 0.25) is 5.02 Å². The van der Waals surface area contributed by atoms with E-state index in [0.717, 1.165) is 17.1 Å². The third kappa shape index (κ3) is 2.48. The molecule has 0 bridgehead atoms. The van der Waals surface area contributed by atoms with Crippen LogP contribution in [0.3, 0.4) is 0 Å². The van der Waals surface area contributed by atoms with Gasteiger partial charge in [0, 0.05) is 12.4 Å². The standard InChI is InChI=1S/C14H12ClN3O/c15-12-5-1-6-13(14(12)18-8-3-7-17-18)16-10-11-4-2-9-19-11/h1-9,16H,10H2. The monoisotopic (exact) mass is 273 g/mol. The Morgan fingerprint density at radius 2 is 2.16 bits per heavy atom. The molecule has 2 aromatic heterocycles. The number of nitrogens with one attached hydrogen (secondary N) is 1. The molecule has 96 valence electrons. The quantitative estimate of drug-likeness (QED) is 0.788. The van der Waals surface area contributed by atoms with E-state index < -0.39 is 0 Å². The number of benzene rings is 1. The summed E-state index contributed by atoms with van der Waals surface area (Å²) in [6.07, 6.45) is 5.24.